The molecule has 0 bridgehead atoms. The number of carboxylic acid groups (broad SMARTS) is 1. The second-order valence-corrected chi connectivity index (χ2v) is 7.60. The van der Waals surface area contributed by atoms with Gasteiger partial charge in [0, 0.05) is 10.9 Å². The lowest BCUT2D eigenvalue weighted by atomic mass is 9.83. The standard InChI is InChI=1S/C24H19FN2O3/c1-24(2,23(29)30)16-7-5-6-15(14-16)21-19-8-3-4-9-20(19)22(28)27(26-21)18-12-10-17(25)11-13-18/h3-14H,1-2H3,(H,29,30). The highest BCUT2D eigenvalue weighted by atomic mass is 19.1. The lowest BCUT2D eigenvalue weighted by Crippen LogP contribution is -2.28. The Kier molecular flexibility index (Phi) is 4.70. The minimum atomic E-state index is -1.09. The quantitative estimate of drug-likeness (QED) is 0.543. The van der Waals surface area contributed by atoms with Crippen molar-refractivity contribution in [1.82, 2.24) is 9.78 Å². The Hall–Kier alpha value is -3.80. The highest BCUT2D eigenvalue weighted by Crippen LogP contribution is 2.30. The van der Waals surface area contributed by atoms with Crippen LogP contribution >= 0.6 is 0 Å². The van der Waals surface area contributed by atoms with Gasteiger partial charge in [0.25, 0.3) is 5.56 Å². The summed E-state index contributed by atoms with van der Waals surface area (Å²) in [5.74, 6) is -1.34. The Morgan fingerprint density at radius 1 is 0.967 bits per heavy atom. The van der Waals surface area contributed by atoms with Gasteiger partial charge in [-0.05, 0) is 55.8 Å². The van der Waals surface area contributed by atoms with E-state index in [2.05, 4.69) is 5.10 Å². The molecule has 0 saturated carbocycles. The van der Waals surface area contributed by atoms with Crippen LogP contribution in [0.3, 0.4) is 0 Å². The summed E-state index contributed by atoms with van der Waals surface area (Å²) in [4.78, 5) is 24.7. The number of nitrogens with zero attached hydrogens (tertiary/aromatic N) is 2. The van der Waals surface area contributed by atoms with Crippen molar-refractivity contribution in [2.75, 3.05) is 0 Å². The zero-order valence-corrected chi connectivity index (χ0v) is 16.5. The molecule has 4 aromatic rings. The second kappa shape index (κ2) is 7.22. The molecule has 0 aliphatic heterocycles. The molecule has 0 radical (unpaired) electrons. The van der Waals surface area contributed by atoms with Gasteiger partial charge in [0.1, 0.15) is 5.82 Å². The first-order valence-corrected chi connectivity index (χ1v) is 9.41. The molecular weight excluding hydrogens is 383 g/mol. The molecule has 1 aromatic heterocycles. The van der Waals surface area contributed by atoms with Crippen LogP contribution in [0.4, 0.5) is 4.39 Å². The van der Waals surface area contributed by atoms with Crippen LogP contribution < -0.4 is 5.56 Å². The molecule has 0 aliphatic rings. The van der Waals surface area contributed by atoms with E-state index in [1.54, 1.807) is 44.2 Å². The average Bonchev–Trinajstić information content (AvgIpc) is 2.75. The minimum Gasteiger partial charge on any atom is -0.481 e. The summed E-state index contributed by atoms with van der Waals surface area (Å²) in [7, 11) is 0. The van der Waals surface area contributed by atoms with Crippen molar-refractivity contribution in [3.63, 3.8) is 0 Å². The van der Waals surface area contributed by atoms with Crippen LogP contribution in [-0.4, -0.2) is 20.9 Å². The molecule has 0 saturated heterocycles. The molecule has 0 amide bonds. The van der Waals surface area contributed by atoms with Crippen molar-refractivity contribution >= 4 is 16.7 Å². The molecule has 0 unspecified atom stereocenters. The highest BCUT2D eigenvalue weighted by molar-refractivity contribution is 5.94. The Morgan fingerprint density at radius 3 is 2.30 bits per heavy atom. The van der Waals surface area contributed by atoms with Crippen molar-refractivity contribution in [2.45, 2.75) is 19.3 Å². The van der Waals surface area contributed by atoms with E-state index < -0.39 is 17.2 Å². The maximum atomic E-state index is 13.4. The zero-order chi connectivity index (χ0) is 21.5. The molecule has 4 rings (SSSR count). The van der Waals surface area contributed by atoms with E-state index in [9.17, 15) is 19.1 Å². The maximum absolute atomic E-state index is 13.4. The third-order valence-corrected chi connectivity index (χ3v) is 5.27. The number of fused-ring (bicyclic) bond motifs is 1. The third-order valence-electron chi connectivity index (χ3n) is 5.27. The van der Waals surface area contributed by atoms with Crippen LogP contribution in [0.25, 0.3) is 27.7 Å². The van der Waals surface area contributed by atoms with Gasteiger partial charge in [-0.3, -0.25) is 9.59 Å². The molecule has 0 fully saturated rings. The van der Waals surface area contributed by atoms with Crippen molar-refractivity contribution in [3.8, 4) is 16.9 Å². The number of carbonyl (C=O) groups is 1. The van der Waals surface area contributed by atoms with Gasteiger partial charge in [-0.15, -0.1) is 0 Å². The molecule has 0 atom stereocenters. The van der Waals surface area contributed by atoms with Crippen molar-refractivity contribution in [2.24, 2.45) is 0 Å². The second-order valence-electron chi connectivity index (χ2n) is 7.60. The summed E-state index contributed by atoms with van der Waals surface area (Å²) in [6.07, 6.45) is 0. The fourth-order valence-corrected chi connectivity index (χ4v) is 3.34. The number of halogens is 1. The molecular formula is C24H19FN2O3. The number of hydrogen-bond acceptors (Lipinski definition) is 3. The summed E-state index contributed by atoms with van der Waals surface area (Å²) in [5, 5.41) is 15.3. The summed E-state index contributed by atoms with van der Waals surface area (Å²) in [6.45, 7) is 3.28. The highest BCUT2D eigenvalue weighted by Gasteiger charge is 2.29. The topological polar surface area (TPSA) is 72.2 Å². The Bertz CT molecular complexity index is 1320. The molecule has 30 heavy (non-hydrogen) atoms. The molecule has 6 heteroatoms. The van der Waals surface area contributed by atoms with Crippen LogP contribution in [0, 0.1) is 5.82 Å². The van der Waals surface area contributed by atoms with E-state index >= 15 is 0 Å². The largest absolute Gasteiger partial charge is 0.481 e. The number of rotatable bonds is 4. The molecule has 150 valence electrons. The fraction of sp³-hybridized carbons (Fsp3) is 0.125. The van der Waals surface area contributed by atoms with Crippen molar-refractivity contribution < 1.29 is 14.3 Å². The van der Waals surface area contributed by atoms with Gasteiger partial charge in [-0.25, -0.2) is 4.39 Å². The van der Waals surface area contributed by atoms with Crippen LogP contribution in [0.2, 0.25) is 0 Å². The van der Waals surface area contributed by atoms with E-state index in [1.807, 2.05) is 18.2 Å². The van der Waals surface area contributed by atoms with Crippen LogP contribution in [0.1, 0.15) is 19.4 Å². The van der Waals surface area contributed by atoms with Gasteiger partial charge in [0.2, 0.25) is 0 Å². The van der Waals surface area contributed by atoms with E-state index in [0.29, 0.717) is 33.3 Å². The maximum Gasteiger partial charge on any atom is 0.313 e. The number of aromatic nitrogens is 2. The predicted molar refractivity (Wildman–Crippen MR) is 113 cm³/mol. The SMILES string of the molecule is CC(C)(C(=O)O)c1cccc(-c2nn(-c3ccc(F)cc3)c(=O)c3ccccc23)c1. The first kappa shape index (κ1) is 19.5. The molecule has 3 aromatic carbocycles. The van der Waals surface area contributed by atoms with Gasteiger partial charge >= 0.3 is 5.97 Å². The lowest BCUT2D eigenvalue weighted by molar-refractivity contribution is -0.142. The first-order valence-electron chi connectivity index (χ1n) is 9.41. The van der Waals surface area contributed by atoms with E-state index in [1.165, 1.54) is 28.9 Å². The summed E-state index contributed by atoms with van der Waals surface area (Å²) >= 11 is 0. The molecule has 1 heterocycles. The van der Waals surface area contributed by atoms with Gasteiger partial charge in [0.05, 0.1) is 22.2 Å². The van der Waals surface area contributed by atoms with Gasteiger partial charge in [-0.2, -0.15) is 9.78 Å². The Labute approximate surface area is 172 Å². The van der Waals surface area contributed by atoms with Crippen molar-refractivity contribution in [3.05, 3.63) is 94.5 Å². The minimum absolute atomic E-state index is 0.317. The Morgan fingerprint density at radius 2 is 1.63 bits per heavy atom. The first-order chi connectivity index (χ1) is 14.3. The van der Waals surface area contributed by atoms with E-state index in [-0.39, 0.29) is 5.56 Å². The summed E-state index contributed by atoms with van der Waals surface area (Å²) < 4.78 is 14.6. The van der Waals surface area contributed by atoms with Crippen LogP contribution in [0.15, 0.2) is 77.6 Å². The van der Waals surface area contributed by atoms with E-state index in [4.69, 9.17) is 0 Å². The number of carboxylic acids is 1. The number of aliphatic carboxylic acids is 1. The van der Waals surface area contributed by atoms with Crippen LogP contribution in [0.5, 0.6) is 0 Å². The number of hydrogen-bond donors (Lipinski definition) is 1. The smallest absolute Gasteiger partial charge is 0.313 e. The molecule has 1 N–H and O–H groups in total. The molecule has 0 aliphatic carbocycles. The average molecular weight is 402 g/mol. The van der Waals surface area contributed by atoms with Gasteiger partial charge < -0.3 is 5.11 Å². The summed E-state index contributed by atoms with van der Waals surface area (Å²) in [5.41, 5.74) is 0.889. The predicted octanol–water partition coefficient (Wildman–Crippen LogP) is 4.55. The van der Waals surface area contributed by atoms with E-state index in [0.717, 1.165) is 0 Å². The zero-order valence-electron chi connectivity index (χ0n) is 16.5. The number of benzene rings is 3. The van der Waals surface area contributed by atoms with Gasteiger partial charge in [-0.1, -0.05) is 36.4 Å². The molecule has 0 spiro atoms. The summed E-state index contributed by atoms with van der Waals surface area (Å²) in [6, 6.07) is 19.8. The van der Waals surface area contributed by atoms with Gasteiger partial charge in [0.15, 0.2) is 0 Å². The van der Waals surface area contributed by atoms with Crippen molar-refractivity contribution in [1.29, 1.82) is 0 Å². The normalized spacial score (nSPS) is 11.6. The monoisotopic (exact) mass is 402 g/mol. The van der Waals surface area contributed by atoms with Crippen LogP contribution in [-0.2, 0) is 10.2 Å². The fourth-order valence-electron chi connectivity index (χ4n) is 3.34. The lowest BCUT2D eigenvalue weighted by Gasteiger charge is -2.20. The Balaban J connectivity index is 2.00. The molecule has 5 nitrogen and oxygen atoms in total. The third kappa shape index (κ3) is 3.26.